The maximum Gasteiger partial charge on any atom is 0.0834 e. The van der Waals surface area contributed by atoms with Gasteiger partial charge in [-0.2, -0.15) is 0 Å². The van der Waals surface area contributed by atoms with Crippen LogP contribution < -0.4 is 5.32 Å². The van der Waals surface area contributed by atoms with Crippen LogP contribution in [0.15, 0.2) is 22.7 Å². The number of hydrogen-bond donors (Lipinski definition) is 1. The minimum absolute atomic E-state index is 0.0911. The lowest BCUT2D eigenvalue weighted by Crippen LogP contribution is -2.38. The van der Waals surface area contributed by atoms with E-state index in [1.165, 1.54) is 0 Å². The van der Waals surface area contributed by atoms with Crippen LogP contribution in [0.4, 0.5) is 5.69 Å². The molecule has 1 saturated heterocycles. The van der Waals surface area contributed by atoms with E-state index in [1.807, 2.05) is 18.2 Å². The molecule has 0 radical (unpaired) electrons. The molecule has 0 aliphatic carbocycles. The van der Waals surface area contributed by atoms with Crippen LogP contribution in [0.5, 0.6) is 0 Å². The van der Waals surface area contributed by atoms with Crippen LogP contribution in [0.2, 0.25) is 5.02 Å². The Balaban J connectivity index is 2.22. The van der Waals surface area contributed by atoms with E-state index in [-0.39, 0.29) is 17.2 Å². The third kappa shape index (κ3) is 2.84. The molecule has 1 aliphatic heterocycles. The first-order valence-electron chi connectivity index (χ1n) is 6.12. The Bertz CT molecular complexity index is 459. The lowest BCUT2D eigenvalue weighted by atomic mass is 9.94. The number of hydrogen-bond acceptors (Lipinski definition) is 2. The van der Waals surface area contributed by atoms with Crippen molar-refractivity contribution in [1.29, 1.82) is 0 Å². The molecule has 18 heavy (non-hydrogen) atoms. The van der Waals surface area contributed by atoms with E-state index in [0.717, 1.165) is 21.6 Å². The maximum absolute atomic E-state index is 6.11. The Labute approximate surface area is 122 Å². The van der Waals surface area contributed by atoms with E-state index in [1.54, 1.807) is 0 Å². The van der Waals surface area contributed by atoms with Gasteiger partial charge in [-0.1, -0.05) is 17.7 Å². The molecule has 1 N–H and O–H groups in total. The molecule has 1 heterocycles. The second-order valence-corrected chi connectivity index (χ2v) is 7.17. The molecule has 2 rings (SSSR count). The van der Waals surface area contributed by atoms with Crippen molar-refractivity contribution in [2.75, 3.05) is 5.32 Å². The molecular weight excluding hydrogens is 314 g/mol. The number of halogens is 2. The van der Waals surface area contributed by atoms with Crippen LogP contribution in [0, 0.1) is 0 Å². The molecule has 1 atom stereocenters. The first kappa shape index (κ1) is 14.2. The SMILES string of the molecule is CC1(C)CC(Nc2cccc(Cl)c2Br)C(C)(C)O1. The average molecular weight is 333 g/mol. The minimum Gasteiger partial charge on any atom is -0.378 e. The quantitative estimate of drug-likeness (QED) is 0.835. The van der Waals surface area contributed by atoms with E-state index in [4.69, 9.17) is 16.3 Å². The van der Waals surface area contributed by atoms with E-state index in [9.17, 15) is 0 Å². The van der Waals surface area contributed by atoms with Gasteiger partial charge in [-0.05, 0) is 62.2 Å². The highest BCUT2D eigenvalue weighted by molar-refractivity contribution is 9.10. The summed E-state index contributed by atoms with van der Waals surface area (Å²) in [6.07, 6.45) is 0.971. The van der Waals surface area contributed by atoms with Gasteiger partial charge in [0.15, 0.2) is 0 Å². The predicted octanol–water partition coefficient (Wildman–Crippen LogP) is 4.86. The normalized spacial score (nSPS) is 25.1. The van der Waals surface area contributed by atoms with Gasteiger partial charge in [0, 0.05) is 0 Å². The molecular formula is C14H19BrClNO. The molecule has 100 valence electrons. The zero-order chi connectivity index (χ0) is 13.6. The van der Waals surface area contributed by atoms with Crippen molar-refractivity contribution < 1.29 is 4.74 Å². The average Bonchev–Trinajstić information content (AvgIpc) is 2.42. The molecule has 4 heteroatoms. The summed E-state index contributed by atoms with van der Waals surface area (Å²) in [6, 6.07) is 6.11. The molecule has 0 spiro atoms. The highest BCUT2D eigenvalue weighted by Crippen LogP contribution is 2.40. The van der Waals surface area contributed by atoms with Gasteiger partial charge >= 0.3 is 0 Å². The molecule has 1 aromatic carbocycles. The van der Waals surface area contributed by atoms with E-state index in [2.05, 4.69) is 48.9 Å². The van der Waals surface area contributed by atoms with E-state index < -0.39 is 0 Å². The topological polar surface area (TPSA) is 21.3 Å². The predicted molar refractivity (Wildman–Crippen MR) is 80.4 cm³/mol. The minimum atomic E-state index is -0.189. The molecule has 0 aromatic heterocycles. The van der Waals surface area contributed by atoms with Gasteiger partial charge in [0.2, 0.25) is 0 Å². The van der Waals surface area contributed by atoms with Crippen LogP contribution in [0.25, 0.3) is 0 Å². The van der Waals surface area contributed by atoms with Crippen molar-refractivity contribution in [1.82, 2.24) is 0 Å². The molecule has 0 saturated carbocycles. The van der Waals surface area contributed by atoms with Crippen LogP contribution in [0.1, 0.15) is 34.1 Å². The first-order valence-corrected chi connectivity index (χ1v) is 7.29. The molecule has 1 aromatic rings. The monoisotopic (exact) mass is 331 g/mol. The van der Waals surface area contributed by atoms with Crippen LogP contribution in [-0.2, 0) is 4.74 Å². The largest absolute Gasteiger partial charge is 0.378 e. The standard InChI is InChI=1S/C14H19BrClNO/c1-13(2)8-11(14(3,4)18-13)17-10-7-5-6-9(16)12(10)15/h5-7,11,17H,8H2,1-4H3. The fourth-order valence-electron chi connectivity index (χ4n) is 2.59. The maximum atomic E-state index is 6.11. The van der Waals surface area contributed by atoms with Gasteiger partial charge in [0.05, 0.1) is 32.4 Å². The third-order valence-corrected chi connectivity index (χ3v) is 4.75. The molecule has 1 unspecified atom stereocenters. The van der Waals surface area contributed by atoms with Crippen LogP contribution in [-0.4, -0.2) is 17.2 Å². The Morgan fingerprint density at radius 2 is 2.00 bits per heavy atom. The Kier molecular flexibility index (Phi) is 3.69. The van der Waals surface area contributed by atoms with Crippen molar-refractivity contribution in [2.24, 2.45) is 0 Å². The summed E-state index contributed by atoms with van der Waals surface area (Å²) in [5.74, 6) is 0. The van der Waals surface area contributed by atoms with Crippen LogP contribution >= 0.6 is 27.5 Å². The molecule has 0 amide bonds. The Morgan fingerprint density at radius 3 is 2.56 bits per heavy atom. The molecule has 1 fully saturated rings. The second-order valence-electron chi connectivity index (χ2n) is 5.97. The van der Waals surface area contributed by atoms with E-state index >= 15 is 0 Å². The Morgan fingerprint density at radius 1 is 1.33 bits per heavy atom. The number of benzene rings is 1. The summed E-state index contributed by atoms with van der Waals surface area (Å²) in [5.41, 5.74) is 0.735. The zero-order valence-electron chi connectivity index (χ0n) is 11.2. The van der Waals surface area contributed by atoms with Crippen LogP contribution in [0.3, 0.4) is 0 Å². The summed E-state index contributed by atoms with van der Waals surface area (Å²) >= 11 is 9.63. The summed E-state index contributed by atoms with van der Waals surface area (Å²) in [7, 11) is 0. The highest BCUT2D eigenvalue weighted by Gasteiger charge is 2.45. The Hall–Kier alpha value is -0.250. The van der Waals surface area contributed by atoms with E-state index in [0.29, 0.717) is 0 Å². The van der Waals surface area contributed by atoms with Crippen molar-refractivity contribution in [2.45, 2.75) is 51.4 Å². The third-order valence-electron chi connectivity index (χ3n) is 3.36. The van der Waals surface area contributed by atoms with Gasteiger partial charge < -0.3 is 10.1 Å². The van der Waals surface area contributed by atoms with Gasteiger partial charge in [-0.25, -0.2) is 0 Å². The first-order chi connectivity index (χ1) is 8.21. The summed E-state index contributed by atoms with van der Waals surface area (Å²) in [4.78, 5) is 0. The second kappa shape index (κ2) is 4.69. The smallest absolute Gasteiger partial charge is 0.0834 e. The van der Waals surface area contributed by atoms with Gasteiger partial charge in [0.25, 0.3) is 0 Å². The van der Waals surface area contributed by atoms with Gasteiger partial charge in [-0.3, -0.25) is 0 Å². The lowest BCUT2D eigenvalue weighted by Gasteiger charge is -2.28. The fraction of sp³-hybridized carbons (Fsp3) is 0.571. The summed E-state index contributed by atoms with van der Waals surface area (Å²) < 4.78 is 6.99. The fourth-order valence-corrected chi connectivity index (χ4v) is 3.14. The van der Waals surface area contributed by atoms with Gasteiger partial charge in [0.1, 0.15) is 0 Å². The summed E-state index contributed by atoms with van der Waals surface area (Å²) in [6.45, 7) is 8.50. The van der Waals surface area contributed by atoms with Crippen molar-refractivity contribution in [3.05, 3.63) is 27.7 Å². The van der Waals surface area contributed by atoms with Crippen molar-refractivity contribution in [3.8, 4) is 0 Å². The number of anilines is 1. The molecule has 2 nitrogen and oxygen atoms in total. The highest BCUT2D eigenvalue weighted by atomic mass is 79.9. The molecule has 0 bridgehead atoms. The van der Waals surface area contributed by atoms with Gasteiger partial charge in [-0.15, -0.1) is 0 Å². The van der Waals surface area contributed by atoms with Crippen molar-refractivity contribution >= 4 is 33.2 Å². The summed E-state index contributed by atoms with van der Waals surface area (Å²) in [5, 5.41) is 4.26. The number of ether oxygens (including phenoxy) is 1. The number of nitrogens with one attached hydrogen (secondary N) is 1. The zero-order valence-corrected chi connectivity index (χ0v) is 13.5. The van der Waals surface area contributed by atoms with Crippen molar-refractivity contribution in [3.63, 3.8) is 0 Å². The lowest BCUT2D eigenvalue weighted by molar-refractivity contribution is -0.0662. The number of rotatable bonds is 2. The molecule has 1 aliphatic rings.